The van der Waals surface area contributed by atoms with Crippen molar-refractivity contribution >= 4 is 51.1 Å². The lowest BCUT2D eigenvalue weighted by atomic mass is 10.1. The zero-order valence-corrected chi connectivity index (χ0v) is 17.9. The number of carbonyl (C=O) groups is 7. The van der Waals surface area contributed by atoms with Gasteiger partial charge in [-0.3, -0.25) is 28.8 Å². The van der Waals surface area contributed by atoms with Crippen molar-refractivity contribution in [2.75, 3.05) is 19.3 Å². The molecule has 174 valence electrons. The summed E-state index contributed by atoms with van der Waals surface area (Å²) < 4.78 is 0. The molecule has 0 rings (SSSR count). The number of hydrogen-bond acceptors (Lipinski definition) is 7. The van der Waals surface area contributed by atoms with E-state index in [0.29, 0.717) is 12.4 Å². The molecule has 13 nitrogen and oxygen atoms in total. The minimum atomic E-state index is -1.25. The first-order chi connectivity index (χ1) is 14.6. The van der Waals surface area contributed by atoms with Crippen LogP contribution >= 0.6 is 9.24 Å². The van der Waals surface area contributed by atoms with Gasteiger partial charge < -0.3 is 36.3 Å². The second-order valence-electron chi connectivity index (χ2n) is 6.27. The van der Waals surface area contributed by atoms with Crippen molar-refractivity contribution in [3.63, 3.8) is 0 Å². The van der Waals surface area contributed by atoms with Gasteiger partial charge in [0.2, 0.25) is 23.6 Å². The third-order valence-corrected chi connectivity index (χ3v) is 4.04. The van der Waals surface area contributed by atoms with E-state index in [1.807, 2.05) is 0 Å². The number of amides is 4. The number of nitrogens with one attached hydrogen (secondary N) is 4. The minimum Gasteiger partial charge on any atom is -0.481 e. The summed E-state index contributed by atoms with van der Waals surface area (Å²) in [7, 11) is 2.34. The monoisotopic (exact) mass is 462 g/mol. The van der Waals surface area contributed by atoms with Gasteiger partial charge in [-0.25, -0.2) is 0 Å². The molecule has 0 aliphatic carbocycles. The van der Waals surface area contributed by atoms with Crippen molar-refractivity contribution in [2.45, 2.75) is 44.2 Å². The number of aldehydes is 1. The van der Waals surface area contributed by atoms with E-state index in [9.17, 15) is 33.6 Å². The predicted octanol–water partition coefficient (Wildman–Crippen LogP) is -2.62. The van der Waals surface area contributed by atoms with Crippen LogP contribution in [0, 0.1) is 0 Å². The van der Waals surface area contributed by atoms with Gasteiger partial charge in [-0.2, -0.15) is 0 Å². The van der Waals surface area contributed by atoms with Crippen LogP contribution in [0.3, 0.4) is 0 Å². The molecular weight excluding hydrogens is 435 g/mol. The van der Waals surface area contributed by atoms with Crippen molar-refractivity contribution in [3.8, 4) is 0 Å². The second kappa shape index (κ2) is 15.7. The van der Waals surface area contributed by atoms with Crippen molar-refractivity contribution in [1.29, 1.82) is 0 Å². The maximum absolute atomic E-state index is 12.3. The van der Waals surface area contributed by atoms with E-state index in [1.165, 1.54) is 0 Å². The van der Waals surface area contributed by atoms with Gasteiger partial charge >= 0.3 is 11.9 Å². The molecule has 14 heteroatoms. The van der Waals surface area contributed by atoms with Crippen LogP contribution in [0.1, 0.15) is 32.1 Å². The molecule has 6 N–H and O–H groups in total. The number of rotatable bonds is 16. The van der Waals surface area contributed by atoms with E-state index >= 15 is 0 Å². The summed E-state index contributed by atoms with van der Waals surface area (Å²) in [6.45, 7) is -0.928. The van der Waals surface area contributed by atoms with Crippen LogP contribution in [0.5, 0.6) is 0 Å². The second-order valence-corrected chi connectivity index (χ2v) is 6.85. The van der Waals surface area contributed by atoms with Gasteiger partial charge in [0.15, 0.2) is 0 Å². The third kappa shape index (κ3) is 13.7. The highest BCUT2D eigenvalue weighted by molar-refractivity contribution is 7.16. The van der Waals surface area contributed by atoms with E-state index in [-0.39, 0.29) is 32.2 Å². The van der Waals surface area contributed by atoms with Crippen LogP contribution in [0.15, 0.2) is 0 Å². The van der Waals surface area contributed by atoms with Crippen LogP contribution in [0.4, 0.5) is 0 Å². The minimum absolute atomic E-state index is 0.100. The van der Waals surface area contributed by atoms with Gasteiger partial charge in [0.05, 0.1) is 13.1 Å². The molecule has 3 unspecified atom stereocenters. The molecule has 0 bridgehead atoms. The van der Waals surface area contributed by atoms with E-state index in [1.54, 1.807) is 0 Å². The molecule has 4 amide bonds. The summed E-state index contributed by atoms with van der Waals surface area (Å²) >= 11 is 0. The molecular formula is C17H27N4O9P. The zero-order valence-electron chi connectivity index (χ0n) is 16.7. The summed E-state index contributed by atoms with van der Waals surface area (Å²) in [5.41, 5.74) is 0. The molecule has 0 aromatic carbocycles. The number of aliphatic carboxylic acids is 2. The Morgan fingerprint density at radius 1 is 0.774 bits per heavy atom. The van der Waals surface area contributed by atoms with Gasteiger partial charge in [-0.1, -0.05) is 0 Å². The summed E-state index contributed by atoms with van der Waals surface area (Å²) in [4.78, 5) is 79.9. The van der Waals surface area contributed by atoms with Crippen LogP contribution < -0.4 is 21.3 Å². The largest absolute Gasteiger partial charge is 0.481 e. The molecule has 0 radical (unpaired) electrons. The van der Waals surface area contributed by atoms with Crippen molar-refractivity contribution in [3.05, 3.63) is 0 Å². The van der Waals surface area contributed by atoms with E-state index < -0.39 is 60.6 Å². The molecule has 0 saturated heterocycles. The van der Waals surface area contributed by atoms with Crippen LogP contribution in [-0.2, 0) is 33.6 Å². The van der Waals surface area contributed by atoms with Gasteiger partial charge in [0.1, 0.15) is 18.4 Å². The first-order valence-corrected chi connectivity index (χ1v) is 10.1. The molecule has 31 heavy (non-hydrogen) atoms. The average Bonchev–Trinajstić information content (AvgIpc) is 2.70. The number of carboxylic acid groups (broad SMARTS) is 2. The molecule has 0 aliphatic heterocycles. The quantitative estimate of drug-likeness (QED) is 0.105. The summed E-state index contributed by atoms with van der Waals surface area (Å²) in [6.07, 6.45) is -0.303. The lowest BCUT2D eigenvalue weighted by molar-refractivity contribution is -0.138. The zero-order chi connectivity index (χ0) is 23.8. The van der Waals surface area contributed by atoms with Crippen LogP contribution in [0.25, 0.3) is 0 Å². The third-order valence-electron chi connectivity index (χ3n) is 3.75. The fourth-order valence-corrected chi connectivity index (χ4v) is 2.53. The van der Waals surface area contributed by atoms with Crippen molar-refractivity contribution < 1.29 is 43.8 Å². The summed E-state index contributed by atoms with van der Waals surface area (Å²) in [5.74, 6) is -5.21. The highest BCUT2D eigenvalue weighted by Gasteiger charge is 2.24. The van der Waals surface area contributed by atoms with E-state index in [0.717, 1.165) is 0 Å². The SMILES string of the molecule is O=CCNC(=O)C(CCC(=O)O)NC(=O)CNC(=O)C(CCC(=O)O)NC(=O)CCP. The fourth-order valence-electron chi connectivity index (χ4n) is 2.27. The maximum Gasteiger partial charge on any atom is 0.303 e. The molecule has 0 aliphatic rings. The molecule has 3 atom stereocenters. The molecule has 0 heterocycles. The Morgan fingerprint density at radius 2 is 1.26 bits per heavy atom. The highest BCUT2D eigenvalue weighted by Crippen LogP contribution is 2.01. The fraction of sp³-hybridized carbons (Fsp3) is 0.588. The molecule has 0 fully saturated rings. The Labute approximate surface area is 180 Å². The van der Waals surface area contributed by atoms with Gasteiger partial charge in [-0.15, -0.1) is 9.24 Å². The topological polar surface area (TPSA) is 208 Å². The van der Waals surface area contributed by atoms with Gasteiger partial charge in [-0.05, 0) is 19.0 Å². The predicted molar refractivity (Wildman–Crippen MR) is 109 cm³/mol. The number of hydrogen-bond donors (Lipinski definition) is 6. The first kappa shape index (κ1) is 27.9. The van der Waals surface area contributed by atoms with Crippen LogP contribution in [0.2, 0.25) is 0 Å². The Bertz CT molecular complexity index is 687. The van der Waals surface area contributed by atoms with Gasteiger partial charge in [0.25, 0.3) is 0 Å². The molecule has 0 aromatic heterocycles. The molecule has 0 aromatic rings. The molecule has 0 saturated carbocycles. The number of carbonyl (C=O) groups excluding carboxylic acids is 5. The highest BCUT2D eigenvalue weighted by atomic mass is 31.0. The van der Waals surface area contributed by atoms with E-state index in [2.05, 4.69) is 30.5 Å². The smallest absolute Gasteiger partial charge is 0.303 e. The maximum atomic E-state index is 12.3. The van der Waals surface area contributed by atoms with E-state index in [4.69, 9.17) is 10.2 Å². The summed E-state index contributed by atoms with van der Waals surface area (Å²) in [5, 5.41) is 26.6. The average molecular weight is 462 g/mol. The van der Waals surface area contributed by atoms with Gasteiger partial charge in [0, 0.05) is 19.3 Å². The van der Waals surface area contributed by atoms with Crippen molar-refractivity contribution in [2.24, 2.45) is 0 Å². The van der Waals surface area contributed by atoms with Crippen LogP contribution in [-0.4, -0.2) is 83.4 Å². The normalized spacial score (nSPS) is 12.0. The van der Waals surface area contributed by atoms with Crippen molar-refractivity contribution in [1.82, 2.24) is 21.3 Å². The Balaban J connectivity index is 4.89. The Hall–Kier alpha value is -3.08. The number of carboxylic acids is 2. The lowest BCUT2D eigenvalue weighted by Crippen LogP contribution is -2.52. The Kier molecular flexibility index (Phi) is 14.2. The lowest BCUT2D eigenvalue weighted by Gasteiger charge is -2.19. The first-order valence-electron chi connectivity index (χ1n) is 9.32. The molecule has 0 spiro atoms. The standard InChI is InChI=1S/C17H27N4O9P/c22-7-6-18-16(29)10(1-3-14(25)26)21-13(24)9-19-17(30)11(2-4-15(27)28)20-12(23)5-8-31/h7,10-11H,1-6,8-9,31H2,(H,18,29)(H,19,30)(H,20,23)(H,21,24)(H,25,26)(H,27,28). The summed E-state index contributed by atoms with van der Waals surface area (Å²) in [6, 6.07) is -2.42. The Morgan fingerprint density at radius 3 is 1.71 bits per heavy atom.